The monoisotopic (exact) mass is 327 g/mol. The van der Waals surface area contributed by atoms with Gasteiger partial charge in [0, 0.05) is 11.4 Å². The summed E-state index contributed by atoms with van der Waals surface area (Å²) < 4.78 is 0. The average Bonchev–Trinajstić information content (AvgIpc) is 2.54. The van der Waals surface area contributed by atoms with Crippen LogP contribution in [0.1, 0.15) is 30.9 Å². The quantitative estimate of drug-likeness (QED) is 0.688. The van der Waals surface area contributed by atoms with Crippen LogP contribution in [0.4, 0.5) is 11.4 Å². The van der Waals surface area contributed by atoms with Crippen molar-refractivity contribution in [3.63, 3.8) is 0 Å². The molecule has 3 nitrogen and oxygen atoms in total. The van der Waals surface area contributed by atoms with Gasteiger partial charge in [-0.15, -0.1) is 0 Å². The van der Waals surface area contributed by atoms with Crippen LogP contribution in [0.2, 0.25) is 0 Å². The second-order valence-corrected chi connectivity index (χ2v) is 6.31. The van der Waals surface area contributed by atoms with Crippen LogP contribution >= 0.6 is 12.2 Å². The van der Waals surface area contributed by atoms with Crippen LogP contribution in [-0.4, -0.2) is 18.7 Å². The lowest BCUT2D eigenvalue weighted by Crippen LogP contribution is -2.19. The second-order valence-electron chi connectivity index (χ2n) is 5.91. The lowest BCUT2D eigenvalue weighted by atomic mass is 10.0. The highest BCUT2D eigenvalue weighted by molar-refractivity contribution is 7.80. The zero-order chi connectivity index (χ0) is 16.7. The molecule has 0 radical (unpaired) electrons. The summed E-state index contributed by atoms with van der Waals surface area (Å²) >= 11 is 5.37. The number of rotatable bonds is 6. The molecule has 0 spiro atoms. The van der Waals surface area contributed by atoms with Gasteiger partial charge in [-0.3, -0.25) is 0 Å². The Bertz CT molecular complexity index is 618. The van der Waals surface area contributed by atoms with Crippen LogP contribution in [0.15, 0.2) is 48.5 Å². The third-order valence-electron chi connectivity index (χ3n) is 3.71. The van der Waals surface area contributed by atoms with Crippen molar-refractivity contribution in [3.05, 3.63) is 59.7 Å². The summed E-state index contributed by atoms with van der Waals surface area (Å²) in [7, 11) is 1.97. The Morgan fingerprint density at radius 2 is 1.43 bits per heavy atom. The van der Waals surface area contributed by atoms with Gasteiger partial charge in [0.25, 0.3) is 0 Å². The Balaban J connectivity index is 1.88. The topological polar surface area (TPSA) is 36.1 Å². The molecule has 0 aromatic heterocycles. The van der Waals surface area contributed by atoms with Crippen molar-refractivity contribution in [1.29, 1.82) is 0 Å². The van der Waals surface area contributed by atoms with Crippen molar-refractivity contribution in [2.75, 3.05) is 24.2 Å². The molecule has 0 amide bonds. The first-order chi connectivity index (χ1) is 11.1. The molecule has 0 aliphatic carbocycles. The molecule has 122 valence electrons. The Morgan fingerprint density at radius 1 is 0.913 bits per heavy atom. The van der Waals surface area contributed by atoms with E-state index >= 15 is 0 Å². The summed E-state index contributed by atoms with van der Waals surface area (Å²) in [5, 5.41) is 10.2. The molecule has 2 aromatic rings. The van der Waals surface area contributed by atoms with Crippen LogP contribution in [0, 0.1) is 0 Å². The molecule has 0 heterocycles. The van der Waals surface area contributed by atoms with E-state index in [4.69, 9.17) is 12.2 Å². The highest BCUT2D eigenvalue weighted by Crippen LogP contribution is 2.17. The highest BCUT2D eigenvalue weighted by atomic mass is 32.1. The van der Waals surface area contributed by atoms with Gasteiger partial charge >= 0.3 is 0 Å². The van der Waals surface area contributed by atoms with Gasteiger partial charge in [0.15, 0.2) is 5.11 Å². The number of likely N-dealkylation sites (N-methyl/N-ethyl adjacent to an activating group) is 1. The molecule has 0 saturated carbocycles. The molecular formula is C19H25N3S. The number of thiocarbonyl (C=S) groups is 1. The maximum absolute atomic E-state index is 5.37. The SMILES string of the molecule is CNCCc1ccc(NC(=S)Nc2ccc(C(C)C)cc2)cc1. The predicted molar refractivity (Wildman–Crippen MR) is 104 cm³/mol. The maximum atomic E-state index is 5.37. The van der Waals surface area contributed by atoms with E-state index in [2.05, 4.69) is 78.3 Å². The molecule has 2 aromatic carbocycles. The molecule has 0 fully saturated rings. The number of benzene rings is 2. The number of anilines is 2. The highest BCUT2D eigenvalue weighted by Gasteiger charge is 2.02. The molecular weight excluding hydrogens is 302 g/mol. The van der Waals surface area contributed by atoms with Gasteiger partial charge in [-0.1, -0.05) is 38.1 Å². The first-order valence-corrected chi connectivity index (χ1v) is 8.41. The van der Waals surface area contributed by atoms with E-state index in [0.29, 0.717) is 11.0 Å². The van der Waals surface area contributed by atoms with Crippen LogP contribution < -0.4 is 16.0 Å². The minimum absolute atomic E-state index is 0.538. The fourth-order valence-corrected chi connectivity index (χ4v) is 2.50. The van der Waals surface area contributed by atoms with E-state index < -0.39 is 0 Å². The van der Waals surface area contributed by atoms with Gasteiger partial charge in [0.2, 0.25) is 0 Å². The summed E-state index contributed by atoms with van der Waals surface area (Å²) in [5.41, 5.74) is 4.63. The van der Waals surface area contributed by atoms with E-state index in [0.717, 1.165) is 24.3 Å². The molecule has 0 aliphatic heterocycles. The largest absolute Gasteiger partial charge is 0.332 e. The zero-order valence-corrected chi connectivity index (χ0v) is 14.8. The van der Waals surface area contributed by atoms with E-state index in [1.54, 1.807) is 0 Å². The maximum Gasteiger partial charge on any atom is 0.175 e. The Kier molecular flexibility index (Phi) is 6.56. The molecule has 0 aliphatic rings. The van der Waals surface area contributed by atoms with Gasteiger partial charge in [0.05, 0.1) is 0 Å². The van der Waals surface area contributed by atoms with E-state index in [1.807, 2.05) is 7.05 Å². The van der Waals surface area contributed by atoms with Crippen molar-refractivity contribution < 1.29 is 0 Å². The first-order valence-electron chi connectivity index (χ1n) is 8.00. The lowest BCUT2D eigenvalue weighted by molar-refractivity contribution is 0.792. The second kappa shape index (κ2) is 8.65. The summed E-state index contributed by atoms with van der Waals surface area (Å²) in [6.45, 7) is 5.36. The minimum Gasteiger partial charge on any atom is -0.332 e. The number of hydrogen-bond acceptors (Lipinski definition) is 2. The third kappa shape index (κ3) is 5.66. The molecule has 0 bridgehead atoms. The average molecular weight is 327 g/mol. The van der Waals surface area contributed by atoms with E-state index in [-0.39, 0.29) is 0 Å². The smallest absolute Gasteiger partial charge is 0.175 e. The van der Waals surface area contributed by atoms with E-state index in [9.17, 15) is 0 Å². The molecule has 4 heteroatoms. The number of nitrogens with one attached hydrogen (secondary N) is 3. The summed E-state index contributed by atoms with van der Waals surface area (Å²) in [5.74, 6) is 0.538. The van der Waals surface area contributed by atoms with Gasteiger partial charge < -0.3 is 16.0 Å². The van der Waals surface area contributed by atoms with Gasteiger partial charge in [-0.2, -0.15) is 0 Å². The molecule has 0 unspecified atom stereocenters. The zero-order valence-electron chi connectivity index (χ0n) is 14.0. The minimum atomic E-state index is 0.538. The molecule has 23 heavy (non-hydrogen) atoms. The Hall–Kier alpha value is -1.91. The van der Waals surface area contributed by atoms with E-state index in [1.165, 1.54) is 11.1 Å². The summed E-state index contributed by atoms with van der Waals surface area (Å²) in [4.78, 5) is 0. The van der Waals surface area contributed by atoms with Crippen molar-refractivity contribution in [2.45, 2.75) is 26.2 Å². The fourth-order valence-electron chi connectivity index (χ4n) is 2.27. The fraction of sp³-hybridized carbons (Fsp3) is 0.316. The van der Waals surface area contributed by atoms with Gasteiger partial charge in [-0.05, 0) is 73.5 Å². The van der Waals surface area contributed by atoms with Crippen LogP contribution in [0.25, 0.3) is 0 Å². The van der Waals surface area contributed by atoms with Crippen molar-refractivity contribution in [2.24, 2.45) is 0 Å². The normalized spacial score (nSPS) is 10.6. The molecule has 2 rings (SSSR count). The van der Waals surface area contributed by atoms with Gasteiger partial charge in [-0.25, -0.2) is 0 Å². The van der Waals surface area contributed by atoms with Crippen molar-refractivity contribution in [1.82, 2.24) is 5.32 Å². The van der Waals surface area contributed by atoms with Gasteiger partial charge in [0.1, 0.15) is 0 Å². The Morgan fingerprint density at radius 3 is 1.91 bits per heavy atom. The lowest BCUT2D eigenvalue weighted by Gasteiger charge is -2.12. The summed E-state index contributed by atoms with van der Waals surface area (Å²) in [6.07, 6.45) is 1.03. The molecule has 3 N–H and O–H groups in total. The van der Waals surface area contributed by atoms with Crippen LogP contribution in [0.3, 0.4) is 0 Å². The Labute approximate surface area is 144 Å². The number of hydrogen-bond donors (Lipinski definition) is 3. The third-order valence-corrected chi connectivity index (χ3v) is 3.91. The predicted octanol–water partition coefficient (Wildman–Crippen LogP) is 4.38. The molecule has 0 saturated heterocycles. The van der Waals surface area contributed by atoms with Crippen LogP contribution in [-0.2, 0) is 6.42 Å². The van der Waals surface area contributed by atoms with Crippen molar-refractivity contribution >= 4 is 28.7 Å². The van der Waals surface area contributed by atoms with Crippen LogP contribution in [0.5, 0.6) is 0 Å². The van der Waals surface area contributed by atoms with Crippen molar-refractivity contribution in [3.8, 4) is 0 Å². The molecule has 0 atom stereocenters. The standard InChI is InChI=1S/C19H25N3S/c1-14(2)16-6-10-18(11-7-16)22-19(23)21-17-8-4-15(5-9-17)12-13-20-3/h4-11,14,20H,12-13H2,1-3H3,(H2,21,22,23). The first kappa shape index (κ1) is 17.4. The summed E-state index contributed by atoms with van der Waals surface area (Å²) in [6, 6.07) is 16.7.